The molecule has 2 aliphatic rings. The molecule has 0 amide bonds. The Hall–Kier alpha value is -1.89. The molecule has 0 spiro atoms. The molecule has 0 bridgehead atoms. The normalized spacial score (nSPS) is 20.3. The lowest BCUT2D eigenvalue weighted by molar-refractivity contribution is 0.147. The number of piperazine rings is 1. The Bertz CT molecular complexity index is 577. The molecule has 7 nitrogen and oxygen atoms in total. The van der Waals surface area contributed by atoms with Crippen molar-refractivity contribution in [1.29, 1.82) is 5.41 Å². The minimum atomic E-state index is 0.382. The van der Waals surface area contributed by atoms with Crippen molar-refractivity contribution in [3.05, 3.63) is 11.8 Å². The van der Waals surface area contributed by atoms with Crippen LogP contribution in [0.5, 0.6) is 0 Å². The van der Waals surface area contributed by atoms with Crippen LogP contribution in [-0.2, 0) is 0 Å². The molecular formula is C16H27N7. The molecule has 1 aromatic rings. The lowest BCUT2D eigenvalue weighted by atomic mass is 10.2. The summed E-state index contributed by atoms with van der Waals surface area (Å²) in [6.45, 7) is 8.20. The van der Waals surface area contributed by atoms with Gasteiger partial charge in [0.1, 0.15) is 11.7 Å². The fourth-order valence-electron chi connectivity index (χ4n) is 2.96. The number of nitrogens with one attached hydrogen (secondary N) is 2. The van der Waals surface area contributed by atoms with E-state index < -0.39 is 0 Å². The Morgan fingerprint density at radius 2 is 2.09 bits per heavy atom. The molecular weight excluding hydrogens is 290 g/mol. The quantitative estimate of drug-likeness (QED) is 0.568. The molecule has 1 aliphatic carbocycles. The van der Waals surface area contributed by atoms with E-state index in [1.165, 1.54) is 12.8 Å². The summed E-state index contributed by atoms with van der Waals surface area (Å²) in [4.78, 5) is 8.88. The average molecular weight is 317 g/mol. The highest BCUT2D eigenvalue weighted by Crippen LogP contribution is 2.39. The lowest BCUT2D eigenvalue weighted by Crippen LogP contribution is -2.51. The molecule has 2 heterocycles. The van der Waals surface area contributed by atoms with Crippen LogP contribution >= 0.6 is 0 Å². The third-order valence-electron chi connectivity index (χ3n) is 4.63. The second-order valence-corrected chi connectivity index (χ2v) is 6.80. The Labute approximate surface area is 137 Å². The van der Waals surface area contributed by atoms with Gasteiger partial charge in [0.05, 0.1) is 6.42 Å². The van der Waals surface area contributed by atoms with Crippen molar-refractivity contribution in [2.75, 3.05) is 26.2 Å². The standard InChI is InChI=1S/C16H27N7/c1-11(2)22-5-7-23(8-6-22)15(18)10-14(17)19-16-9-13(20-21-16)12-3-4-12/h9,11-12,18H,3-8,10H2,1-2H3,(H3,17,19,20,21). The maximum absolute atomic E-state index is 8.25. The maximum atomic E-state index is 8.25. The minimum absolute atomic E-state index is 0.382. The van der Waals surface area contributed by atoms with Crippen LogP contribution in [0.1, 0.15) is 44.7 Å². The van der Waals surface area contributed by atoms with Crippen LogP contribution in [-0.4, -0.2) is 63.9 Å². The number of aromatic nitrogens is 2. The highest BCUT2D eigenvalue weighted by Gasteiger charge is 2.25. The number of hydrogen-bond donors (Lipinski definition) is 3. The Morgan fingerprint density at radius 1 is 1.39 bits per heavy atom. The van der Waals surface area contributed by atoms with Gasteiger partial charge in [-0.15, -0.1) is 0 Å². The second-order valence-electron chi connectivity index (χ2n) is 6.80. The zero-order valence-corrected chi connectivity index (χ0v) is 14.0. The van der Waals surface area contributed by atoms with Crippen LogP contribution in [0.4, 0.5) is 5.82 Å². The number of nitrogens with zero attached hydrogens (tertiary/aromatic N) is 4. The average Bonchev–Trinajstić information content (AvgIpc) is 3.27. The molecule has 1 aromatic heterocycles. The van der Waals surface area contributed by atoms with Crippen molar-refractivity contribution in [3.8, 4) is 0 Å². The van der Waals surface area contributed by atoms with E-state index >= 15 is 0 Å². The number of nitrogens with two attached hydrogens (primary N) is 1. The van der Waals surface area contributed by atoms with E-state index in [1.807, 2.05) is 6.07 Å². The van der Waals surface area contributed by atoms with Crippen LogP contribution < -0.4 is 5.73 Å². The van der Waals surface area contributed by atoms with Crippen molar-refractivity contribution >= 4 is 17.5 Å². The maximum Gasteiger partial charge on any atom is 0.175 e. The highest BCUT2D eigenvalue weighted by atomic mass is 15.3. The third kappa shape index (κ3) is 4.10. The Balaban J connectivity index is 1.51. The van der Waals surface area contributed by atoms with Crippen molar-refractivity contribution in [2.24, 2.45) is 10.7 Å². The van der Waals surface area contributed by atoms with Crippen LogP contribution in [0.25, 0.3) is 0 Å². The summed E-state index contributed by atoms with van der Waals surface area (Å²) in [5.41, 5.74) is 7.16. The molecule has 23 heavy (non-hydrogen) atoms. The van der Waals surface area contributed by atoms with Gasteiger partial charge in [-0.25, -0.2) is 4.99 Å². The summed E-state index contributed by atoms with van der Waals surface area (Å²) >= 11 is 0. The van der Waals surface area contributed by atoms with E-state index in [2.05, 4.69) is 38.8 Å². The lowest BCUT2D eigenvalue weighted by Gasteiger charge is -2.38. The van der Waals surface area contributed by atoms with Gasteiger partial charge in [-0.3, -0.25) is 15.4 Å². The first-order valence-electron chi connectivity index (χ1n) is 8.47. The molecule has 0 radical (unpaired) electrons. The number of amidine groups is 2. The van der Waals surface area contributed by atoms with Gasteiger partial charge in [-0.05, 0) is 26.7 Å². The number of aromatic amines is 1. The van der Waals surface area contributed by atoms with Crippen LogP contribution in [0.15, 0.2) is 11.1 Å². The summed E-state index contributed by atoms with van der Waals surface area (Å²) < 4.78 is 0. The van der Waals surface area contributed by atoms with Crippen molar-refractivity contribution in [2.45, 2.75) is 45.1 Å². The van der Waals surface area contributed by atoms with E-state index in [4.69, 9.17) is 11.1 Å². The van der Waals surface area contributed by atoms with Gasteiger partial charge in [0.15, 0.2) is 5.82 Å². The zero-order chi connectivity index (χ0) is 16.4. The molecule has 1 aliphatic heterocycles. The summed E-state index contributed by atoms with van der Waals surface area (Å²) in [5.74, 6) is 2.26. The first-order valence-corrected chi connectivity index (χ1v) is 8.47. The van der Waals surface area contributed by atoms with Gasteiger partial charge < -0.3 is 10.6 Å². The van der Waals surface area contributed by atoms with Crippen molar-refractivity contribution < 1.29 is 0 Å². The van der Waals surface area contributed by atoms with Crippen LogP contribution in [0.3, 0.4) is 0 Å². The smallest absolute Gasteiger partial charge is 0.175 e. The van der Waals surface area contributed by atoms with E-state index in [1.54, 1.807) is 0 Å². The van der Waals surface area contributed by atoms with Crippen molar-refractivity contribution in [1.82, 2.24) is 20.0 Å². The van der Waals surface area contributed by atoms with E-state index in [9.17, 15) is 0 Å². The number of hydrogen-bond acceptors (Lipinski definition) is 4. The number of rotatable bonds is 5. The topological polar surface area (TPSA) is 97.4 Å². The SMILES string of the molecule is CC(C)N1CCN(C(=N)CC(N)=Nc2cc(C3CC3)[nH]n2)CC1. The molecule has 3 rings (SSSR count). The van der Waals surface area contributed by atoms with Gasteiger partial charge >= 0.3 is 0 Å². The predicted molar refractivity (Wildman–Crippen MR) is 92.5 cm³/mol. The van der Waals surface area contributed by atoms with Crippen LogP contribution in [0, 0.1) is 5.41 Å². The minimum Gasteiger partial charge on any atom is -0.387 e. The summed E-state index contributed by atoms with van der Waals surface area (Å²) in [6, 6.07) is 2.54. The van der Waals surface area contributed by atoms with E-state index in [0.717, 1.165) is 31.9 Å². The zero-order valence-electron chi connectivity index (χ0n) is 14.0. The van der Waals surface area contributed by atoms with Gasteiger partial charge in [-0.1, -0.05) is 0 Å². The third-order valence-corrected chi connectivity index (χ3v) is 4.63. The largest absolute Gasteiger partial charge is 0.387 e. The highest BCUT2D eigenvalue weighted by molar-refractivity contribution is 6.01. The molecule has 1 saturated carbocycles. The summed E-state index contributed by atoms with van der Waals surface area (Å²) in [6.07, 6.45) is 2.84. The number of H-pyrrole nitrogens is 1. The van der Waals surface area contributed by atoms with Crippen molar-refractivity contribution in [3.63, 3.8) is 0 Å². The molecule has 7 heteroatoms. The molecule has 1 saturated heterocycles. The van der Waals surface area contributed by atoms with Gasteiger partial charge in [0.2, 0.25) is 0 Å². The molecule has 0 atom stereocenters. The Morgan fingerprint density at radius 3 is 2.70 bits per heavy atom. The molecule has 126 valence electrons. The van der Waals surface area contributed by atoms with Crippen LogP contribution in [0.2, 0.25) is 0 Å². The Kier molecular flexibility index (Phi) is 4.66. The summed E-state index contributed by atoms with van der Waals surface area (Å²) in [7, 11) is 0. The molecule has 2 fully saturated rings. The summed E-state index contributed by atoms with van der Waals surface area (Å²) in [5, 5.41) is 15.5. The molecule has 0 unspecified atom stereocenters. The predicted octanol–water partition coefficient (Wildman–Crippen LogP) is 1.67. The van der Waals surface area contributed by atoms with E-state index in [0.29, 0.717) is 35.9 Å². The van der Waals surface area contributed by atoms with Gasteiger partial charge in [0, 0.05) is 49.9 Å². The van der Waals surface area contributed by atoms with E-state index in [-0.39, 0.29) is 0 Å². The second kappa shape index (κ2) is 6.70. The van der Waals surface area contributed by atoms with Gasteiger partial charge in [-0.2, -0.15) is 5.10 Å². The molecule has 0 aromatic carbocycles. The van der Waals surface area contributed by atoms with Gasteiger partial charge in [0.25, 0.3) is 0 Å². The number of aliphatic imine (C=N–C) groups is 1. The fraction of sp³-hybridized carbons (Fsp3) is 0.688. The monoisotopic (exact) mass is 317 g/mol. The first-order chi connectivity index (χ1) is 11.0. The molecule has 4 N–H and O–H groups in total. The first kappa shape index (κ1) is 16.0. The fourth-order valence-corrected chi connectivity index (χ4v) is 2.96.